The van der Waals surface area contributed by atoms with Crippen molar-refractivity contribution in [2.45, 2.75) is 32.7 Å². The van der Waals surface area contributed by atoms with E-state index in [0.29, 0.717) is 40.1 Å². The molecular formula is C31H30N2O6S. The van der Waals surface area contributed by atoms with Gasteiger partial charge in [-0.2, -0.15) is 0 Å². The van der Waals surface area contributed by atoms with Crippen LogP contribution in [0.1, 0.15) is 43.0 Å². The Morgan fingerprint density at radius 2 is 1.75 bits per heavy atom. The summed E-state index contributed by atoms with van der Waals surface area (Å²) in [5.41, 5.74) is 2.80. The van der Waals surface area contributed by atoms with Gasteiger partial charge >= 0.3 is 5.91 Å². The van der Waals surface area contributed by atoms with E-state index in [1.807, 2.05) is 25.1 Å². The quantitative estimate of drug-likeness (QED) is 0.146. The van der Waals surface area contributed by atoms with Gasteiger partial charge in [0.2, 0.25) is 0 Å². The number of benzene rings is 3. The first kappa shape index (κ1) is 27.2. The van der Waals surface area contributed by atoms with Crippen molar-refractivity contribution < 1.29 is 28.9 Å². The van der Waals surface area contributed by atoms with Gasteiger partial charge in [0.15, 0.2) is 16.6 Å². The summed E-state index contributed by atoms with van der Waals surface area (Å²) in [7, 11) is 3.08. The molecule has 3 aromatic carbocycles. The van der Waals surface area contributed by atoms with E-state index >= 15 is 0 Å². The van der Waals surface area contributed by atoms with Gasteiger partial charge in [-0.25, -0.2) is 4.98 Å². The van der Waals surface area contributed by atoms with E-state index in [9.17, 15) is 14.7 Å². The molecule has 206 valence electrons. The third kappa shape index (κ3) is 4.88. The Labute approximate surface area is 236 Å². The zero-order chi connectivity index (χ0) is 28.4. The second-order valence-electron chi connectivity index (χ2n) is 9.31. The lowest BCUT2D eigenvalue weighted by molar-refractivity contribution is -0.132. The largest absolute Gasteiger partial charge is 0.507 e. The summed E-state index contributed by atoms with van der Waals surface area (Å²) >= 11 is 1.33. The first-order valence-electron chi connectivity index (χ1n) is 13.1. The van der Waals surface area contributed by atoms with E-state index in [1.165, 1.54) is 23.3 Å². The Balaban J connectivity index is 1.70. The highest BCUT2D eigenvalue weighted by Crippen LogP contribution is 2.46. The fourth-order valence-corrected chi connectivity index (χ4v) is 5.77. The molecule has 8 nitrogen and oxygen atoms in total. The maximum absolute atomic E-state index is 13.6. The number of thiazole rings is 1. The third-order valence-corrected chi connectivity index (χ3v) is 7.85. The Hall–Kier alpha value is -4.37. The number of carbonyl (C=O) groups is 2. The van der Waals surface area contributed by atoms with Gasteiger partial charge in [0, 0.05) is 5.56 Å². The maximum atomic E-state index is 13.6. The maximum Gasteiger partial charge on any atom is 0.301 e. The second kappa shape index (κ2) is 11.4. The summed E-state index contributed by atoms with van der Waals surface area (Å²) < 4.78 is 17.6. The molecule has 1 unspecified atom stereocenters. The number of aromatic nitrogens is 1. The molecule has 1 amide bonds. The summed E-state index contributed by atoms with van der Waals surface area (Å²) in [5, 5.41) is 11.8. The molecule has 0 bridgehead atoms. The third-order valence-electron chi connectivity index (χ3n) is 6.83. The number of carbonyl (C=O) groups excluding carboxylic acids is 2. The molecule has 1 saturated heterocycles. The van der Waals surface area contributed by atoms with Gasteiger partial charge < -0.3 is 19.3 Å². The van der Waals surface area contributed by atoms with E-state index in [-0.39, 0.29) is 11.3 Å². The average Bonchev–Trinajstić information content (AvgIpc) is 3.52. The van der Waals surface area contributed by atoms with E-state index < -0.39 is 17.7 Å². The van der Waals surface area contributed by atoms with Crippen LogP contribution in [0.15, 0.2) is 66.2 Å². The number of anilines is 1. The Morgan fingerprint density at radius 1 is 0.975 bits per heavy atom. The molecule has 1 atom stereocenters. The van der Waals surface area contributed by atoms with Crippen LogP contribution in [-0.4, -0.2) is 42.6 Å². The number of ether oxygens (including phenoxy) is 3. The van der Waals surface area contributed by atoms with Crippen molar-refractivity contribution in [3.63, 3.8) is 0 Å². The number of aliphatic hydroxyl groups is 1. The number of Topliss-reactive ketones (excluding diaryl/α,β-unsaturated/α-hetero) is 1. The molecule has 1 aliphatic rings. The van der Waals surface area contributed by atoms with Crippen molar-refractivity contribution in [1.29, 1.82) is 0 Å². The van der Waals surface area contributed by atoms with Gasteiger partial charge in [0.1, 0.15) is 11.5 Å². The van der Waals surface area contributed by atoms with Crippen molar-refractivity contribution in [3.05, 3.63) is 82.9 Å². The van der Waals surface area contributed by atoms with Crippen LogP contribution in [0.3, 0.4) is 0 Å². The predicted molar refractivity (Wildman–Crippen MR) is 156 cm³/mol. The fraction of sp³-hybridized carbons (Fsp3) is 0.258. The normalized spacial score (nSPS) is 16.5. The lowest BCUT2D eigenvalue weighted by atomic mass is 9.95. The van der Waals surface area contributed by atoms with Gasteiger partial charge in [-0.1, -0.05) is 37.3 Å². The van der Waals surface area contributed by atoms with E-state index in [1.54, 1.807) is 49.6 Å². The first-order chi connectivity index (χ1) is 19.4. The number of aliphatic hydroxyl groups excluding tert-OH is 1. The molecule has 1 aromatic heterocycles. The minimum atomic E-state index is -0.942. The van der Waals surface area contributed by atoms with Crippen LogP contribution in [0.25, 0.3) is 16.0 Å². The van der Waals surface area contributed by atoms with Gasteiger partial charge in [-0.05, 0) is 72.5 Å². The van der Waals surface area contributed by atoms with Gasteiger partial charge in [-0.15, -0.1) is 0 Å². The number of ketones is 1. The molecule has 0 saturated carbocycles. The van der Waals surface area contributed by atoms with Crippen LogP contribution in [0.4, 0.5) is 5.13 Å². The number of fused-ring (bicyclic) bond motifs is 1. The van der Waals surface area contributed by atoms with Crippen LogP contribution in [0.2, 0.25) is 0 Å². The lowest BCUT2D eigenvalue weighted by Gasteiger charge is -2.24. The summed E-state index contributed by atoms with van der Waals surface area (Å²) in [6.07, 6.45) is 1.69. The Bertz CT molecular complexity index is 1610. The topological polar surface area (TPSA) is 98.2 Å². The lowest BCUT2D eigenvalue weighted by Crippen LogP contribution is -2.29. The number of hydrogen-bond acceptors (Lipinski definition) is 8. The fourth-order valence-electron chi connectivity index (χ4n) is 4.71. The number of hydrogen-bond donors (Lipinski definition) is 1. The molecule has 0 radical (unpaired) electrons. The zero-order valence-corrected chi connectivity index (χ0v) is 23.6. The molecule has 9 heteroatoms. The minimum Gasteiger partial charge on any atom is -0.507 e. The average molecular weight is 559 g/mol. The van der Waals surface area contributed by atoms with Gasteiger partial charge in [-0.3, -0.25) is 14.5 Å². The van der Waals surface area contributed by atoms with Crippen LogP contribution < -0.4 is 19.1 Å². The SMILES string of the molecule is CCCOc1ccc(C2C(=C(O)c3ccc(OC)cc3)C(=O)C(=O)N2c2nc3ccc(CC)cc3s2)cc1OC. The molecule has 2 heterocycles. The van der Waals surface area contributed by atoms with Crippen molar-refractivity contribution in [1.82, 2.24) is 4.98 Å². The second-order valence-corrected chi connectivity index (χ2v) is 10.3. The van der Waals surface area contributed by atoms with Gasteiger partial charge in [0.05, 0.1) is 42.7 Å². The first-order valence-corrected chi connectivity index (χ1v) is 13.9. The molecule has 1 N–H and O–H groups in total. The van der Waals surface area contributed by atoms with Gasteiger partial charge in [0.25, 0.3) is 5.78 Å². The molecule has 1 fully saturated rings. The van der Waals surface area contributed by atoms with E-state index in [4.69, 9.17) is 19.2 Å². The minimum absolute atomic E-state index is 0.0343. The highest BCUT2D eigenvalue weighted by Gasteiger charge is 2.48. The molecule has 5 rings (SSSR count). The van der Waals surface area contributed by atoms with Crippen LogP contribution in [-0.2, 0) is 16.0 Å². The van der Waals surface area contributed by atoms with Crippen LogP contribution in [0.5, 0.6) is 17.2 Å². The summed E-state index contributed by atoms with van der Waals surface area (Å²) in [5.74, 6) is -0.239. The highest BCUT2D eigenvalue weighted by atomic mass is 32.1. The van der Waals surface area contributed by atoms with E-state index in [0.717, 1.165) is 28.6 Å². The summed E-state index contributed by atoms with van der Waals surface area (Å²) in [6.45, 7) is 4.59. The molecule has 40 heavy (non-hydrogen) atoms. The Morgan fingerprint density at radius 3 is 2.42 bits per heavy atom. The highest BCUT2D eigenvalue weighted by molar-refractivity contribution is 7.22. The number of amides is 1. The summed E-state index contributed by atoms with van der Waals surface area (Å²) in [4.78, 5) is 33.3. The van der Waals surface area contributed by atoms with Crippen LogP contribution >= 0.6 is 11.3 Å². The standard InChI is InChI=1S/C31H30N2O6S/c1-5-15-39-23-14-10-20(17-24(23)38-4)27-26(28(34)19-8-11-21(37-3)12-9-19)29(35)30(36)33(27)31-32-22-13-7-18(6-2)16-25(22)40-31/h7-14,16-17,27,34H,5-6,15H2,1-4H3. The van der Waals surface area contributed by atoms with Crippen molar-refractivity contribution >= 4 is 44.1 Å². The smallest absolute Gasteiger partial charge is 0.301 e. The summed E-state index contributed by atoms with van der Waals surface area (Å²) in [6, 6.07) is 16.9. The predicted octanol–water partition coefficient (Wildman–Crippen LogP) is 6.29. The van der Waals surface area contributed by atoms with Crippen molar-refractivity contribution in [2.24, 2.45) is 0 Å². The molecular weight excluding hydrogens is 528 g/mol. The van der Waals surface area contributed by atoms with E-state index in [2.05, 4.69) is 6.92 Å². The monoisotopic (exact) mass is 558 g/mol. The zero-order valence-electron chi connectivity index (χ0n) is 22.8. The molecule has 1 aliphatic heterocycles. The molecule has 4 aromatic rings. The van der Waals surface area contributed by atoms with Crippen LogP contribution in [0, 0.1) is 0 Å². The Kier molecular flexibility index (Phi) is 7.75. The number of methoxy groups -OCH3 is 2. The van der Waals surface area contributed by atoms with Crippen molar-refractivity contribution in [2.75, 3.05) is 25.7 Å². The molecule has 0 spiro atoms. The molecule has 0 aliphatic carbocycles. The number of rotatable bonds is 9. The number of aryl methyl sites for hydroxylation is 1. The number of nitrogens with zero attached hydrogens (tertiary/aromatic N) is 2. The van der Waals surface area contributed by atoms with Crippen molar-refractivity contribution in [3.8, 4) is 17.2 Å².